The van der Waals surface area contributed by atoms with Gasteiger partial charge in [-0.05, 0) is 45.4 Å². The molecule has 8 heteroatoms. The number of nitrogens with zero attached hydrogens (tertiary/aromatic N) is 3. The summed E-state index contributed by atoms with van der Waals surface area (Å²) < 4.78 is 9.10. The summed E-state index contributed by atoms with van der Waals surface area (Å²) in [7, 11) is -0.972. The summed E-state index contributed by atoms with van der Waals surface area (Å²) in [5, 5.41) is 7.11. The van der Waals surface area contributed by atoms with Crippen LogP contribution < -0.4 is 25.0 Å². The maximum absolute atomic E-state index is 13.6. The first-order valence-electron chi connectivity index (χ1n) is 15.1. The minimum absolute atomic E-state index is 0.106. The van der Waals surface area contributed by atoms with E-state index in [1.165, 1.54) is 10.4 Å². The maximum Gasteiger partial charge on any atom is 0.319 e. The van der Waals surface area contributed by atoms with Crippen LogP contribution in [0.3, 0.4) is 0 Å². The number of hydrogen-bond donors (Lipinski definition) is 1. The largest absolute Gasteiger partial charge is 0.534 e. The fourth-order valence-electron chi connectivity index (χ4n) is 6.38. The van der Waals surface area contributed by atoms with Crippen molar-refractivity contribution in [2.24, 2.45) is 7.05 Å². The van der Waals surface area contributed by atoms with Gasteiger partial charge in [0.15, 0.2) is 0 Å². The highest BCUT2D eigenvalue weighted by Gasteiger charge is 2.52. The van der Waals surface area contributed by atoms with Crippen LogP contribution in [0.2, 0.25) is 5.04 Å². The lowest BCUT2D eigenvalue weighted by atomic mass is 10.1. The van der Waals surface area contributed by atoms with E-state index in [1.54, 1.807) is 15.8 Å². The van der Waals surface area contributed by atoms with Crippen molar-refractivity contribution in [1.82, 2.24) is 14.9 Å². The second kappa shape index (κ2) is 11.8. The van der Waals surface area contributed by atoms with E-state index in [4.69, 9.17) is 4.43 Å². The average Bonchev–Trinajstić information content (AvgIpc) is 3.59. The number of benzene rings is 4. The summed E-state index contributed by atoms with van der Waals surface area (Å²) in [6.07, 6.45) is 4.16. The molecular weight excluding hydrogens is 565 g/mol. The molecule has 1 aliphatic heterocycles. The highest BCUT2D eigenvalue weighted by molar-refractivity contribution is 7.00. The molecule has 44 heavy (non-hydrogen) atoms. The summed E-state index contributed by atoms with van der Waals surface area (Å²) >= 11 is 0. The summed E-state index contributed by atoms with van der Waals surface area (Å²) in [5.41, 5.74) is 1.50. The van der Waals surface area contributed by atoms with Gasteiger partial charge in [-0.2, -0.15) is 0 Å². The molecular formula is C36H38N4O3Si. The van der Waals surface area contributed by atoms with Crippen molar-refractivity contribution in [2.45, 2.75) is 44.7 Å². The third-order valence-corrected chi connectivity index (χ3v) is 13.4. The van der Waals surface area contributed by atoms with Gasteiger partial charge in [-0.3, -0.25) is 9.59 Å². The number of amides is 2. The van der Waals surface area contributed by atoms with Gasteiger partial charge in [-0.25, -0.2) is 4.98 Å². The molecule has 5 aromatic rings. The van der Waals surface area contributed by atoms with E-state index in [1.807, 2.05) is 43.6 Å². The Kier molecular flexibility index (Phi) is 7.86. The zero-order valence-corrected chi connectivity index (χ0v) is 26.7. The number of anilines is 1. The first kappa shape index (κ1) is 29.4. The van der Waals surface area contributed by atoms with Crippen LogP contribution in [-0.4, -0.2) is 42.3 Å². The molecule has 2 amide bonds. The van der Waals surface area contributed by atoms with Crippen molar-refractivity contribution < 1.29 is 14.0 Å². The van der Waals surface area contributed by atoms with Crippen molar-refractivity contribution in [2.75, 3.05) is 11.4 Å². The van der Waals surface area contributed by atoms with E-state index in [9.17, 15) is 9.59 Å². The smallest absolute Gasteiger partial charge is 0.319 e. The van der Waals surface area contributed by atoms with E-state index < -0.39 is 14.4 Å². The molecule has 1 fully saturated rings. The van der Waals surface area contributed by atoms with Gasteiger partial charge in [0.1, 0.15) is 11.8 Å². The number of rotatable bonds is 8. The van der Waals surface area contributed by atoms with E-state index in [0.717, 1.165) is 22.2 Å². The van der Waals surface area contributed by atoms with E-state index in [0.29, 0.717) is 18.7 Å². The van der Waals surface area contributed by atoms with Crippen LogP contribution in [0.15, 0.2) is 110 Å². The maximum atomic E-state index is 13.6. The Morgan fingerprint density at radius 3 is 2.25 bits per heavy atom. The first-order valence-corrected chi connectivity index (χ1v) is 17.0. The second-order valence-corrected chi connectivity index (χ2v) is 16.8. The van der Waals surface area contributed by atoms with Crippen molar-refractivity contribution in [3.05, 3.63) is 115 Å². The Hall–Kier alpha value is -4.69. The lowest BCUT2D eigenvalue weighted by Crippen LogP contribution is -2.68. The van der Waals surface area contributed by atoms with Gasteiger partial charge in [-0.1, -0.05) is 99.6 Å². The molecule has 6 rings (SSSR count). The van der Waals surface area contributed by atoms with Gasteiger partial charge in [0, 0.05) is 25.2 Å². The minimum atomic E-state index is -2.83. The molecule has 0 saturated carbocycles. The molecule has 1 N–H and O–H groups in total. The minimum Gasteiger partial charge on any atom is -0.534 e. The number of carbonyl (C=O) groups excluding carboxylic acids is 2. The molecule has 0 spiro atoms. The van der Waals surface area contributed by atoms with Crippen molar-refractivity contribution in [3.8, 4) is 5.75 Å². The van der Waals surface area contributed by atoms with Gasteiger partial charge in [0.2, 0.25) is 11.8 Å². The molecule has 1 atom stereocenters. The molecule has 0 radical (unpaired) electrons. The SMILES string of the molecule is Cn1cnc(CC(=O)N[C@H]2CCN(c3cccc4ccc(O[Si](c5ccccc5)(c5ccccc5)C(C)(C)C)cc34)C2=O)c1. The average molecular weight is 603 g/mol. The Morgan fingerprint density at radius 1 is 0.955 bits per heavy atom. The first-order chi connectivity index (χ1) is 21.2. The quantitative estimate of drug-likeness (QED) is 0.255. The predicted molar refractivity (Wildman–Crippen MR) is 178 cm³/mol. The summed E-state index contributed by atoms with van der Waals surface area (Å²) in [4.78, 5) is 32.4. The highest BCUT2D eigenvalue weighted by atomic mass is 28.4. The van der Waals surface area contributed by atoms with Crippen LogP contribution in [0, 0.1) is 0 Å². The van der Waals surface area contributed by atoms with Crippen LogP contribution in [-0.2, 0) is 23.1 Å². The van der Waals surface area contributed by atoms with E-state index in [-0.39, 0.29) is 23.3 Å². The number of aryl methyl sites for hydroxylation is 1. The van der Waals surface area contributed by atoms with E-state index in [2.05, 4.69) is 97.8 Å². The molecule has 1 saturated heterocycles. The standard InChI is InChI=1S/C36H38N4O3Si/c1-36(2,3)44(29-13-7-5-8-14-29,30-15-9-6-10-16-30)43-28-19-18-26-12-11-17-33(31(26)23-28)40-21-20-32(35(40)42)38-34(41)22-27-24-39(4)25-37-27/h5-19,23-25,32H,20-22H2,1-4H3,(H,38,41)/t32-/m0/s1. The van der Waals surface area contributed by atoms with Crippen LogP contribution in [0.4, 0.5) is 5.69 Å². The Labute approximate surface area is 259 Å². The fraction of sp³-hybridized carbons (Fsp3) is 0.250. The molecule has 1 aromatic heterocycles. The number of hydrogen-bond acceptors (Lipinski definition) is 4. The number of carbonyl (C=O) groups is 2. The van der Waals surface area contributed by atoms with Crippen LogP contribution >= 0.6 is 0 Å². The highest BCUT2D eigenvalue weighted by Crippen LogP contribution is 2.39. The van der Waals surface area contributed by atoms with Crippen LogP contribution in [0.5, 0.6) is 5.75 Å². The van der Waals surface area contributed by atoms with Crippen LogP contribution in [0.25, 0.3) is 10.8 Å². The summed E-state index contributed by atoms with van der Waals surface area (Å²) in [5.74, 6) is 0.457. The Morgan fingerprint density at radius 2 is 1.64 bits per heavy atom. The summed E-state index contributed by atoms with van der Waals surface area (Å²) in [6.45, 7) is 7.30. The van der Waals surface area contributed by atoms with Gasteiger partial charge in [-0.15, -0.1) is 0 Å². The summed E-state index contributed by atoms with van der Waals surface area (Å²) in [6, 6.07) is 32.8. The molecule has 2 heterocycles. The molecule has 1 aliphatic rings. The van der Waals surface area contributed by atoms with Gasteiger partial charge in [0.25, 0.3) is 0 Å². The van der Waals surface area contributed by atoms with Gasteiger partial charge < -0.3 is 19.2 Å². The molecule has 7 nitrogen and oxygen atoms in total. The second-order valence-electron chi connectivity index (χ2n) is 12.5. The Bertz CT molecular complexity index is 1760. The third kappa shape index (κ3) is 5.53. The number of imidazole rings is 1. The number of aromatic nitrogens is 2. The molecule has 0 unspecified atom stereocenters. The predicted octanol–water partition coefficient (Wildman–Crippen LogP) is 4.98. The lowest BCUT2D eigenvalue weighted by Gasteiger charge is -2.43. The molecule has 0 aliphatic carbocycles. The zero-order chi connectivity index (χ0) is 30.9. The zero-order valence-electron chi connectivity index (χ0n) is 25.7. The number of nitrogens with one attached hydrogen (secondary N) is 1. The number of fused-ring (bicyclic) bond motifs is 1. The molecule has 4 aromatic carbocycles. The monoisotopic (exact) mass is 602 g/mol. The molecule has 224 valence electrons. The van der Waals surface area contributed by atoms with E-state index >= 15 is 0 Å². The normalized spacial score (nSPS) is 15.5. The fourth-order valence-corrected chi connectivity index (χ4v) is 10.8. The topological polar surface area (TPSA) is 76.5 Å². The third-order valence-electron chi connectivity index (χ3n) is 8.45. The Balaban J connectivity index is 1.33. The van der Waals surface area contributed by atoms with Crippen molar-refractivity contribution >= 4 is 47.0 Å². The van der Waals surface area contributed by atoms with Gasteiger partial charge in [0.05, 0.1) is 24.1 Å². The van der Waals surface area contributed by atoms with Crippen LogP contribution in [0.1, 0.15) is 32.9 Å². The van der Waals surface area contributed by atoms with Crippen molar-refractivity contribution in [1.29, 1.82) is 0 Å². The lowest BCUT2D eigenvalue weighted by molar-refractivity contribution is -0.126. The molecule has 0 bridgehead atoms. The van der Waals surface area contributed by atoms with Crippen molar-refractivity contribution in [3.63, 3.8) is 0 Å². The van der Waals surface area contributed by atoms with Gasteiger partial charge >= 0.3 is 8.32 Å².